The van der Waals surface area contributed by atoms with Crippen molar-refractivity contribution in [2.45, 2.75) is 32.2 Å². The summed E-state index contributed by atoms with van der Waals surface area (Å²) in [4.78, 5) is 12.7. The molecule has 1 aromatic rings. The van der Waals surface area contributed by atoms with Crippen LogP contribution < -0.4 is 5.32 Å². The largest absolute Gasteiger partial charge is 0.332 e. The Morgan fingerprint density at radius 3 is 2.52 bits per heavy atom. The van der Waals surface area contributed by atoms with Gasteiger partial charge >= 0.3 is 0 Å². The Balaban J connectivity index is 2.28. The second-order valence-electron chi connectivity index (χ2n) is 5.86. The van der Waals surface area contributed by atoms with Gasteiger partial charge in [0.15, 0.2) is 12.0 Å². The van der Waals surface area contributed by atoms with Crippen LogP contribution in [0.2, 0.25) is 0 Å². The van der Waals surface area contributed by atoms with Gasteiger partial charge in [-0.05, 0) is 24.3 Å². The molecule has 1 aliphatic heterocycles. The van der Waals surface area contributed by atoms with E-state index in [9.17, 15) is 4.79 Å². The predicted octanol–water partition coefficient (Wildman–Crippen LogP) is 3.75. The molecule has 0 amide bonds. The van der Waals surface area contributed by atoms with Gasteiger partial charge in [-0.2, -0.15) is 0 Å². The zero-order valence-electron chi connectivity index (χ0n) is 12.1. The average molecular weight is 329 g/mol. The first-order valence-corrected chi connectivity index (χ1v) is 7.34. The molecule has 2 unspecified atom stereocenters. The second-order valence-corrected chi connectivity index (χ2v) is 6.83. The molecule has 2 rings (SSSR count). The minimum atomic E-state index is -1.36. The van der Waals surface area contributed by atoms with Crippen molar-refractivity contribution < 1.29 is 9.53 Å². The number of halogens is 2. The number of nitrogens with zero attached hydrogens (tertiary/aromatic N) is 1. The van der Waals surface area contributed by atoms with Crippen molar-refractivity contribution in [1.29, 1.82) is 0 Å². The van der Waals surface area contributed by atoms with E-state index in [1.807, 2.05) is 32.9 Å². The maximum Gasteiger partial charge on any atom is 0.240 e. The molecular formula is C15H18Cl2N2O2. The zero-order valence-corrected chi connectivity index (χ0v) is 13.7. The summed E-state index contributed by atoms with van der Waals surface area (Å²) in [6, 6.07) is 3.65. The van der Waals surface area contributed by atoms with Crippen LogP contribution in [-0.2, 0) is 9.53 Å². The number of allylic oxidation sites excluding steroid dienone is 2. The number of carbonyl (C=O) groups is 1. The average Bonchev–Trinajstić information content (AvgIpc) is 2.87. The summed E-state index contributed by atoms with van der Waals surface area (Å²) in [7, 11) is 0. The Kier molecular flexibility index (Phi) is 4.51. The highest BCUT2D eigenvalue weighted by atomic mass is 35.5. The number of rotatable bonds is 4. The molecule has 6 heteroatoms. The van der Waals surface area contributed by atoms with Gasteiger partial charge in [0.25, 0.3) is 0 Å². The third-order valence-electron chi connectivity index (χ3n) is 2.99. The highest BCUT2D eigenvalue weighted by Gasteiger charge is 2.38. The van der Waals surface area contributed by atoms with Crippen LogP contribution in [0.15, 0.2) is 47.9 Å². The Morgan fingerprint density at radius 2 is 2.00 bits per heavy atom. The number of alkyl halides is 1. The Hall–Kier alpha value is -1.23. The second kappa shape index (κ2) is 5.87. The minimum absolute atomic E-state index is 0.0837. The molecule has 0 radical (unpaired) electrons. The smallest absolute Gasteiger partial charge is 0.240 e. The molecule has 0 bridgehead atoms. The lowest BCUT2D eigenvalue weighted by Gasteiger charge is -2.34. The van der Waals surface area contributed by atoms with Gasteiger partial charge in [-0.15, -0.1) is 0 Å². The maximum absolute atomic E-state index is 12.7. The van der Waals surface area contributed by atoms with Crippen molar-refractivity contribution >= 4 is 29.0 Å². The summed E-state index contributed by atoms with van der Waals surface area (Å²) in [6.07, 6.45) is 7.61. The first-order valence-electron chi connectivity index (χ1n) is 6.58. The van der Waals surface area contributed by atoms with E-state index in [1.165, 1.54) is 0 Å². The van der Waals surface area contributed by atoms with Crippen LogP contribution in [0, 0.1) is 5.41 Å². The minimum Gasteiger partial charge on any atom is -0.332 e. The summed E-state index contributed by atoms with van der Waals surface area (Å²) in [5.41, 5.74) is -0.569. The van der Waals surface area contributed by atoms with Crippen LogP contribution in [0.25, 0.3) is 0 Å². The van der Waals surface area contributed by atoms with Gasteiger partial charge in [-0.3, -0.25) is 4.79 Å². The number of Topliss-reactive ketones (excluding diaryl/α,β-unsaturated/α-hetero) is 1. The van der Waals surface area contributed by atoms with Gasteiger partial charge in [0, 0.05) is 17.8 Å². The molecule has 1 N–H and O–H groups in total. The molecule has 2 heterocycles. The number of ketones is 1. The molecule has 114 valence electrons. The number of hydrogen-bond donors (Lipinski definition) is 1. The highest BCUT2D eigenvalue weighted by Crippen LogP contribution is 2.32. The van der Waals surface area contributed by atoms with E-state index >= 15 is 0 Å². The third-order valence-corrected chi connectivity index (χ3v) is 3.52. The molecule has 1 aliphatic rings. The molecule has 0 aromatic carbocycles. The van der Waals surface area contributed by atoms with Crippen LogP contribution in [0.3, 0.4) is 0 Å². The number of ether oxygens (including phenoxy) is 1. The number of dihydropyridines is 1. The van der Waals surface area contributed by atoms with Gasteiger partial charge in [0.05, 0.1) is 0 Å². The fourth-order valence-electron chi connectivity index (χ4n) is 1.86. The maximum atomic E-state index is 12.7. The Morgan fingerprint density at radius 1 is 1.38 bits per heavy atom. The molecule has 0 fully saturated rings. The lowest BCUT2D eigenvalue weighted by molar-refractivity contribution is -0.152. The summed E-state index contributed by atoms with van der Waals surface area (Å²) >= 11 is 12.3. The van der Waals surface area contributed by atoms with Gasteiger partial charge in [-0.1, -0.05) is 50.0 Å². The van der Waals surface area contributed by atoms with E-state index in [-0.39, 0.29) is 5.78 Å². The van der Waals surface area contributed by atoms with Crippen LogP contribution in [0.1, 0.15) is 27.0 Å². The van der Waals surface area contributed by atoms with Crippen molar-refractivity contribution in [2.75, 3.05) is 0 Å². The van der Waals surface area contributed by atoms with Crippen molar-refractivity contribution in [3.8, 4) is 0 Å². The van der Waals surface area contributed by atoms with Crippen molar-refractivity contribution in [2.24, 2.45) is 5.41 Å². The molecule has 21 heavy (non-hydrogen) atoms. The fourth-order valence-corrected chi connectivity index (χ4v) is 2.38. The van der Waals surface area contributed by atoms with Crippen molar-refractivity contribution in [3.63, 3.8) is 0 Å². The molecule has 1 aromatic heterocycles. The normalized spacial score (nSPS) is 23.4. The molecule has 0 saturated carbocycles. The first kappa shape index (κ1) is 16.1. The lowest BCUT2D eigenvalue weighted by atomic mass is 9.89. The topological polar surface area (TPSA) is 43.3 Å². The molecular weight excluding hydrogens is 311 g/mol. The quantitative estimate of drug-likeness (QED) is 0.676. The number of aromatic nitrogens is 1. The van der Waals surface area contributed by atoms with E-state index in [0.717, 1.165) is 0 Å². The lowest BCUT2D eigenvalue weighted by Crippen LogP contribution is -2.45. The van der Waals surface area contributed by atoms with Crippen LogP contribution in [0.4, 0.5) is 0 Å². The molecule has 2 atom stereocenters. The molecule has 4 nitrogen and oxygen atoms in total. The van der Waals surface area contributed by atoms with E-state index in [1.54, 1.807) is 35.2 Å². The number of carbonyl (C=O) groups excluding carboxylic acids is 1. The third kappa shape index (κ3) is 3.90. The summed E-state index contributed by atoms with van der Waals surface area (Å²) in [5, 5.41) is 1.80. The van der Waals surface area contributed by atoms with Crippen molar-refractivity contribution in [3.05, 3.63) is 47.9 Å². The van der Waals surface area contributed by atoms with Crippen LogP contribution >= 0.6 is 23.2 Å². The van der Waals surface area contributed by atoms with E-state index in [0.29, 0.717) is 5.16 Å². The zero-order chi connectivity index (χ0) is 15.7. The molecule has 0 aliphatic carbocycles. The summed E-state index contributed by atoms with van der Waals surface area (Å²) < 4.78 is 7.52. The Labute approximate surface area is 134 Å². The fraction of sp³-hybridized carbons (Fsp3) is 0.400. The van der Waals surface area contributed by atoms with Gasteiger partial charge in [-0.25, -0.2) is 0 Å². The predicted molar refractivity (Wildman–Crippen MR) is 83.8 cm³/mol. The summed E-state index contributed by atoms with van der Waals surface area (Å²) in [6.45, 7) is 5.52. The summed E-state index contributed by atoms with van der Waals surface area (Å²) in [5.74, 6) is -0.0837. The molecule has 0 saturated heterocycles. The first-order chi connectivity index (χ1) is 9.71. The highest BCUT2D eigenvalue weighted by molar-refractivity contribution is 6.31. The monoisotopic (exact) mass is 328 g/mol. The number of nitrogens with one attached hydrogen (secondary N) is 1. The van der Waals surface area contributed by atoms with Crippen LogP contribution in [-0.4, -0.2) is 15.5 Å². The van der Waals surface area contributed by atoms with E-state index in [2.05, 4.69) is 5.32 Å². The van der Waals surface area contributed by atoms with E-state index < -0.39 is 16.8 Å². The SMILES string of the molecule is CC(C)(C)C(=O)C(OC1(Cl)C=CC=C(Cl)N1)n1cccc1. The standard InChI is InChI=1S/C15H18Cl2N2O2/c1-14(2,3)12(20)13(19-9-4-5-10-19)21-15(17)8-6-7-11(16)18-15/h4-10,13,18H,1-3H3. The Bertz CT molecular complexity index is 573. The van der Waals surface area contributed by atoms with Gasteiger partial charge < -0.3 is 14.6 Å². The van der Waals surface area contributed by atoms with E-state index in [4.69, 9.17) is 27.9 Å². The van der Waals surface area contributed by atoms with Crippen LogP contribution in [0.5, 0.6) is 0 Å². The molecule has 0 spiro atoms. The number of hydrogen-bond acceptors (Lipinski definition) is 3. The van der Waals surface area contributed by atoms with Crippen molar-refractivity contribution in [1.82, 2.24) is 9.88 Å². The van der Waals surface area contributed by atoms with Gasteiger partial charge in [0.1, 0.15) is 5.16 Å². The van der Waals surface area contributed by atoms with Gasteiger partial charge in [0.2, 0.25) is 5.18 Å².